The van der Waals surface area contributed by atoms with Crippen molar-refractivity contribution in [1.82, 2.24) is 4.90 Å². The van der Waals surface area contributed by atoms with E-state index in [1.54, 1.807) is 12.0 Å². The molecule has 2 rings (SSSR count). The van der Waals surface area contributed by atoms with Crippen molar-refractivity contribution in [3.63, 3.8) is 0 Å². The highest BCUT2D eigenvalue weighted by atomic mass is 16.7. The molecule has 0 aromatic heterocycles. The molecule has 1 heterocycles. The first kappa shape index (κ1) is 25.7. The highest BCUT2D eigenvalue weighted by Gasteiger charge is 2.51. The van der Waals surface area contributed by atoms with Gasteiger partial charge in [0.25, 0.3) is 0 Å². The van der Waals surface area contributed by atoms with Crippen molar-refractivity contribution in [1.29, 1.82) is 0 Å². The Balaban J connectivity index is 1.90. The third kappa shape index (κ3) is 7.51. The molecule has 0 aliphatic carbocycles. The monoisotopic (exact) mass is 433 g/mol. The maximum atomic E-state index is 12.5. The molecule has 174 valence electrons. The third-order valence-electron chi connectivity index (χ3n) is 5.83. The molecule has 1 fully saturated rings. The Morgan fingerprint density at radius 1 is 1.00 bits per heavy atom. The highest BCUT2D eigenvalue weighted by Crippen LogP contribution is 2.36. The van der Waals surface area contributed by atoms with E-state index < -0.39 is 5.60 Å². The fraction of sp³-hybridized carbons (Fsp3) is 0.708. The summed E-state index contributed by atoms with van der Waals surface area (Å²) in [6, 6.07) is 8.37. The van der Waals surface area contributed by atoms with Gasteiger partial charge in [0, 0.05) is 26.8 Å². The van der Waals surface area contributed by atoms with Gasteiger partial charge in [0.15, 0.2) is 0 Å². The molecule has 0 radical (unpaired) electrons. The van der Waals surface area contributed by atoms with Crippen molar-refractivity contribution in [3.8, 4) is 0 Å². The second-order valence-electron chi connectivity index (χ2n) is 10.2. The van der Waals surface area contributed by atoms with Crippen LogP contribution in [0.2, 0.25) is 0 Å². The fourth-order valence-electron chi connectivity index (χ4n) is 3.32. The molecule has 0 bridgehead atoms. The number of methoxy groups -OCH3 is 1. The lowest BCUT2D eigenvalue weighted by Crippen LogP contribution is -2.41. The van der Waals surface area contributed by atoms with Gasteiger partial charge in [0.1, 0.15) is 5.60 Å². The molecule has 0 atom stereocenters. The molecule has 1 aromatic rings. The van der Waals surface area contributed by atoms with E-state index in [0.717, 1.165) is 24.7 Å². The smallest absolute Gasteiger partial charge is 0.444 e. The molecular formula is C24H40BNO5. The summed E-state index contributed by atoms with van der Waals surface area (Å²) in [5.41, 5.74) is 1.06. The van der Waals surface area contributed by atoms with Crippen LogP contribution in [0, 0.1) is 0 Å². The Hall–Kier alpha value is -1.57. The van der Waals surface area contributed by atoms with Crippen LogP contribution >= 0.6 is 0 Å². The second kappa shape index (κ2) is 10.4. The summed E-state index contributed by atoms with van der Waals surface area (Å²) in [5.74, 6) is 0. The lowest BCUT2D eigenvalue weighted by Gasteiger charge is -2.32. The van der Waals surface area contributed by atoms with Gasteiger partial charge in [0.05, 0.1) is 11.2 Å². The summed E-state index contributed by atoms with van der Waals surface area (Å²) in [5, 5.41) is 0. The van der Waals surface area contributed by atoms with Gasteiger partial charge in [-0.1, -0.05) is 24.3 Å². The average Bonchev–Trinajstić information content (AvgIpc) is 2.87. The largest absolute Gasteiger partial charge is 0.494 e. The molecule has 1 aliphatic heterocycles. The van der Waals surface area contributed by atoms with Gasteiger partial charge in [-0.25, -0.2) is 4.79 Å². The standard InChI is InChI=1S/C24H40BNO5/c1-22(2,3)29-21(27)26(17-10-18-28-8)16-9-11-19-12-14-20(15-13-19)25-30-23(4,5)24(6,7)31-25/h12-15H,9-11,16-18H2,1-8H3. The van der Waals surface area contributed by atoms with Crippen LogP contribution in [0.3, 0.4) is 0 Å². The number of hydrogen-bond acceptors (Lipinski definition) is 5. The number of aryl methyl sites for hydroxylation is 1. The van der Waals surface area contributed by atoms with Crippen molar-refractivity contribution in [2.24, 2.45) is 0 Å². The van der Waals surface area contributed by atoms with Crippen molar-refractivity contribution < 1.29 is 23.6 Å². The van der Waals surface area contributed by atoms with Crippen LogP contribution in [0.4, 0.5) is 4.79 Å². The van der Waals surface area contributed by atoms with Gasteiger partial charge in [0.2, 0.25) is 0 Å². The molecular weight excluding hydrogens is 393 g/mol. The van der Waals surface area contributed by atoms with Crippen molar-refractivity contribution >= 4 is 18.7 Å². The molecule has 0 unspecified atom stereocenters. The van der Waals surface area contributed by atoms with Crippen LogP contribution in [-0.4, -0.2) is 61.7 Å². The number of carbonyl (C=O) groups excluding carboxylic acids is 1. The van der Waals surface area contributed by atoms with Crippen LogP contribution in [0.1, 0.15) is 66.9 Å². The maximum Gasteiger partial charge on any atom is 0.494 e. The summed E-state index contributed by atoms with van der Waals surface area (Å²) in [7, 11) is 1.33. The molecule has 1 aliphatic rings. The van der Waals surface area contributed by atoms with Crippen molar-refractivity contribution in [2.75, 3.05) is 26.8 Å². The molecule has 1 saturated heterocycles. The normalized spacial score (nSPS) is 17.6. The molecule has 0 N–H and O–H groups in total. The van der Waals surface area contributed by atoms with Crippen molar-refractivity contribution in [3.05, 3.63) is 29.8 Å². The average molecular weight is 433 g/mol. The van der Waals surface area contributed by atoms with Crippen LogP contribution in [-0.2, 0) is 25.2 Å². The van der Waals surface area contributed by atoms with E-state index >= 15 is 0 Å². The van der Waals surface area contributed by atoms with Gasteiger partial charge in [-0.15, -0.1) is 0 Å². The molecule has 0 saturated carbocycles. The zero-order chi connectivity index (χ0) is 23.3. The summed E-state index contributed by atoms with van der Waals surface area (Å²) in [4.78, 5) is 14.3. The van der Waals surface area contributed by atoms with Gasteiger partial charge < -0.3 is 23.7 Å². The van der Waals surface area contributed by atoms with Crippen LogP contribution in [0.15, 0.2) is 24.3 Å². The van der Waals surface area contributed by atoms with E-state index in [4.69, 9.17) is 18.8 Å². The number of carbonyl (C=O) groups is 1. The van der Waals surface area contributed by atoms with Crippen LogP contribution in [0.5, 0.6) is 0 Å². The topological polar surface area (TPSA) is 57.2 Å². The number of ether oxygens (including phenoxy) is 2. The minimum Gasteiger partial charge on any atom is -0.444 e. The van der Waals surface area contributed by atoms with E-state index in [1.165, 1.54) is 5.56 Å². The summed E-state index contributed by atoms with van der Waals surface area (Å²) < 4.78 is 22.9. The van der Waals surface area contributed by atoms with E-state index in [9.17, 15) is 4.79 Å². The predicted molar refractivity (Wildman–Crippen MR) is 125 cm³/mol. The number of nitrogens with zero attached hydrogens (tertiary/aromatic N) is 1. The molecule has 6 nitrogen and oxygen atoms in total. The number of amides is 1. The van der Waals surface area contributed by atoms with E-state index in [1.807, 2.05) is 20.8 Å². The summed E-state index contributed by atoms with van der Waals surface area (Å²) in [6.45, 7) is 15.8. The molecule has 31 heavy (non-hydrogen) atoms. The van der Waals surface area contributed by atoms with Gasteiger partial charge >= 0.3 is 13.2 Å². The van der Waals surface area contributed by atoms with E-state index in [2.05, 4.69) is 52.0 Å². The minimum absolute atomic E-state index is 0.264. The zero-order valence-electron chi connectivity index (χ0n) is 20.6. The quantitative estimate of drug-likeness (QED) is 0.432. The highest BCUT2D eigenvalue weighted by molar-refractivity contribution is 6.62. The van der Waals surface area contributed by atoms with Crippen molar-refractivity contribution in [2.45, 2.75) is 84.5 Å². The lowest BCUT2D eigenvalue weighted by molar-refractivity contribution is 0.00578. The minimum atomic E-state index is -0.500. The Morgan fingerprint density at radius 3 is 2.06 bits per heavy atom. The third-order valence-corrected chi connectivity index (χ3v) is 5.83. The number of hydrogen-bond donors (Lipinski definition) is 0. The molecule has 0 spiro atoms. The van der Waals surface area contributed by atoms with Gasteiger partial charge in [-0.2, -0.15) is 0 Å². The molecule has 1 aromatic carbocycles. The van der Waals surface area contributed by atoms with Crippen LogP contribution < -0.4 is 5.46 Å². The lowest BCUT2D eigenvalue weighted by atomic mass is 9.78. The first-order chi connectivity index (χ1) is 14.3. The first-order valence-electron chi connectivity index (χ1n) is 11.3. The molecule has 1 amide bonds. The van der Waals surface area contributed by atoms with Crippen LogP contribution in [0.25, 0.3) is 0 Å². The zero-order valence-corrected chi connectivity index (χ0v) is 20.6. The van der Waals surface area contributed by atoms with E-state index in [-0.39, 0.29) is 24.4 Å². The fourth-order valence-corrected chi connectivity index (χ4v) is 3.32. The predicted octanol–water partition coefficient (Wildman–Crippen LogP) is 4.19. The maximum absolute atomic E-state index is 12.5. The summed E-state index contributed by atoms with van der Waals surface area (Å²) in [6.07, 6.45) is 2.27. The van der Waals surface area contributed by atoms with Gasteiger partial charge in [-0.05, 0) is 78.8 Å². The first-order valence-corrected chi connectivity index (χ1v) is 11.3. The SMILES string of the molecule is COCCCN(CCCc1ccc(B2OC(C)(C)C(C)(C)O2)cc1)C(=O)OC(C)(C)C. The Morgan fingerprint density at radius 2 is 1.55 bits per heavy atom. The number of benzene rings is 1. The van der Waals surface area contributed by atoms with Gasteiger partial charge in [-0.3, -0.25) is 0 Å². The molecule has 7 heteroatoms. The number of rotatable bonds is 9. The van der Waals surface area contributed by atoms with E-state index in [0.29, 0.717) is 19.7 Å². The Bertz CT molecular complexity index is 696. The second-order valence-corrected chi connectivity index (χ2v) is 10.2. The summed E-state index contributed by atoms with van der Waals surface area (Å²) >= 11 is 0. The Labute approximate surface area is 188 Å². The Kier molecular flexibility index (Phi) is 8.59.